The number of pyridine rings is 1. The van der Waals surface area contributed by atoms with E-state index in [2.05, 4.69) is 4.98 Å². The lowest BCUT2D eigenvalue weighted by Gasteiger charge is -2.12. The van der Waals surface area contributed by atoms with Gasteiger partial charge in [0.25, 0.3) is 0 Å². The second kappa shape index (κ2) is 7.89. The number of aromatic nitrogens is 1. The fraction of sp³-hybridized carbons (Fsp3) is 0.176. The normalized spacial score (nSPS) is 11.8. The molecule has 0 aliphatic carbocycles. The number of hydrogen-bond acceptors (Lipinski definition) is 3. The van der Waals surface area contributed by atoms with E-state index in [1.165, 1.54) is 12.2 Å². The Bertz CT molecular complexity index is 820. The molecule has 0 unspecified atom stereocenters. The van der Waals surface area contributed by atoms with Crippen LogP contribution < -0.4 is 0 Å². The molecule has 0 saturated carbocycles. The molecule has 1 aromatic carbocycles. The smallest absolute Gasteiger partial charge is 0.419 e. The van der Waals surface area contributed by atoms with Gasteiger partial charge in [0.1, 0.15) is 0 Å². The van der Waals surface area contributed by atoms with E-state index in [0.29, 0.717) is 17.3 Å². The number of hydrogen-bond donors (Lipinski definition) is 0. The van der Waals surface area contributed by atoms with Crippen LogP contribution in [0, 0.1) is 0 Å². The molecule has 0 bridgehead atoms. The fourth-order valence-corrected chi connectivity index (χ4v) is 2.51. The van der Waals surface area contributed by atoms with E-state index in [1.807, 2.05) is 0 Å². The zero-order valence-corrected chi connectivity index (χ0v) is 14.4. The molecule has 0 atom stereocenters. The van der Waals surface area contributed by atoms with Crippen molar-refractivity contribution in [3.05, 3.63) is 57.7 Å². The van der Waals surface area contributed by atoms with Crippen LogP contribution in [-0.4, -0.2) is 17.6 Å². The van der Waals surface area contributed by atoms with E-state index in [-0.39, 0.29) is 17.3 Å². The van der Waals surface area contributed by atoms with Gasteiger partial charge in [-0.1, -0.05) is 41.4 Å². The Balaban J connectivity index is 2.39. The number of carbonyl (C=O) groups is 1. The van der Waals surface area contributed by atoms with Gasteiger partial charge in [0.2, 0.25) is 0 Å². The molecule has 2 rings (SSSR count). The second-order valence-corrected chi connectivity index (χ2v) is 5.61. The van der Waals surface area contributed by atoms with Crippen LogP contribution in [-0.2, 0) is 15.7 Å². The summed E-state index contributed by atoms with van der Waals surface area (Å²) in [6, 6.07) is 6.61. The highest BCUT2D eigenvalue weighted by Gasteiger charge is 2.35. The minimum Gasteiger partial charge on any atom is -0.463 e. The molecule has 0 aliphatic rings. The van der Waals surface area contributed by atoms with Gasteiger partial charge < -0.3 is 4.74 Å². The molecular weight excluding hydrogens is 378 g/mol. The lowest BCUT2D eigenvalue weighted by atomic mass is 10.1. The van der Waals surface area contributed by atoms with Crippen molar-refractivity contribution < 1.29 is 22.7 Å². The number of halogens is 5. The van der Waals surface area contributed by atoms with Crippen LogP contribution in [0.25, 0.3) is 17.3 Å². The van der Waals surface area contributed by atoms with Crippen molar-refractivity contribution in [3.63, 3.8) is 0 Å². The molecule has 3 nitrogen and oxygen atoms in total. The van der Waals surface area contributed by atoms with Gasteiger partial charge in [-0.3, -0.25) is 4.98 Å². The minimum atomic E-state index is -4.64. The van der Waals surface area contributed by atoms with Crippen LogP contribution in [0.4, 0.5) is 13.2 Å². The summed E-state index contributed by atoms with van der Waals surface area (Å²) in [6.07, 6.45) is -1.24. The van der Waals surface area contributed by atoms with E-state index < -0.39 is 22.7 Å². The molecule has 0 fully saturated rings. The first-order valence-corrected chi connectivity index (χ1v) is 7.86. The van der Waals surface area contributed by atoms with Crippen molar-refractivity contribution >= 4 is 35.2 Å². The van der Waals surface area contributed by atoms with Crippen molar-refractivity contribution in [2.24, 2.45) is 0 Å². The van der Waals surface area contributed by atoms with Crippen LogP contribution in [0.15, 0.2) is 36.5 Å². The fourth-order valence-electron chi connectivity index (χ4n) is 2.01. The van der Waals surface area contributed by atoms with E-state index in [1.54, 1.807) is 31.2 Å². The molecule has 0 amide bonds. The predicted molar refractivity (Wildman–Crippen MR) is 90.4 cm³/mol. The predicted octanol–water partition coefficient (Wildman–Crippen LogP) is 5.65. The van der Waals surface area contributed by atoms with Crippen LogP contribution >= 0.6 is 23.2 Å². The largest absolute Gasteiger partial charge is 0.463 e. The summed E-state index contributed by atoms with van der Waals surface area (Å²) in [5.41, 5.74) is 0.110. The van der Waals surface area contributed by atoms with Gasteiger partial charge in [0, 0.05) is 17.8 Å². The lowest BCUT2D eigenvalue weighted by molar-refractivity contribution is -0.138. The number of rotatable bonds is 4. The number of nitrogens with zero attached hydrogens (tertiary/aromatic N) is 1. The Labute approximate surface area is 152 Å². The monoisotopic (exact) mass is 389 g/mol. The van der Waals surface area contributed by atoms with Crippen LogP contribution in [0.2, 0.25) is 10.0 Å². The highest BCUT2D eigenvalue weighted by atomic mass is 35.5. The molecule has 25 heavy (non-hydrogen) atoms. The Kier molecular flexibility index (Phi) is 6.08. The maximum Gasteiger partial charge on any atom is 0.419 e. The Morgan fingerprint density at radius 1 is 1.28 bits per heavy atom. The summed E-state index contributed by atoms with van der Waals surface area (Å²) < 4.78 is 43.3. The van der Waals surface area contributed by atoms with Gasteiger partial charge in [-0.05, 0) is 24.6 Å². The van der Waals surface area contributed by atoms with Crippen LogP contribution in [0.1, 0.15) is 18.1 Å². The first kappa shape index (κ1) is 19.3. The zero-order valence-electron chi connectivity index (χ0n) is 12.9. The lowest BCUT2D eigenvalue weighted by Crippen LogP contribution is -2.07. The maximum absolute atomic E-state index is 12.8. The third-order valence-corrected chi connectivity index (χ3v) is 3.98. The summed E-state index contributed by atoms with van der Waals surface area (Å²) in [6.45, 7) is 1.95. The molecule has 2 aromatic rings. The number of alkyl halides is 3. The van der Waals surface area contributed by atoms with Crippen molar-refractivity contribution in [2.45, 2.75) is 13.1 Å². The summed E-state index contributed by atoms with van der Waals surface area (Å²) in [5, 5.41) is -0.894. The third kappa shape index (κ3) is 4.74. The van der Waals surface area contributed by atoms with Crippen molar-refractivity contribution in [1.29, 1.82) is 0 Å². The van der Waals surface area contributed by atoms with Crippen molar-refractivity contribution in [1.82, 2.24) is 4.98 Å². The standard InChI is InChI=1S/C17H12Cl2F3NO2/c1-2-25-13(24)7-6-10-4-3-5-11(8-10)16-15(19)14(18)12(9-23-16)17(20,21)22/h3-9H,2H2,1H3. The molecular formula is C17H12Cl2F3NO2. The first-order chi connectivity index (χ1) is 11.7. The zero-order chi connectivity index (χ0) is 18.6. The summed E-state index contributed by atoms with van der Waals surface area (Å²) >= 11 is 11.7. The minimum absolute atomic E-state index is 0.117. The maximum atomic E-state index is 12.8. The van der Waals surface area contributed by atoms with E-state index in [4.69, 9.17) is 27.9 Å². The van der Waals surface area contributed by atoms with Gasteiger partial charge in [0.15, 0.2) is 0 Å². The van der Waals surface area contributed by atoms with Gasteiger partial charge in [-0.15, -0.1) is 0 Å². The molecule has 132 valence electrons. The number of benzene rings is 1. The van der Waals surface area contributed by atoms with Crippen molar-refractivity contribution in [2.75, 3.05) is 6.61 Å². The molecule has 1 heterocycles. The van der Waals surface area contributed by atoms with Gasteiger partial charge in [-0.2, -0.15) is 13.2 Å². The number of carbonyl (C=O) groups excluding carboxylic acids is 1. The molecule has 1 aromatic heterocycles. The van der Waals surface area contributed by atoms with Gasteiger partial charge in [0.05, 0.1) is 27.9 Å². The number of ether oxygens (including phenoxy) is 1. The van der Waals surface area contributed by atoms with E-state index in [9.17, 15) is 18.0 Å². The Morgan fingerprint density at radius 2 is 2.00 bits per heavy atom. The average molecular weight is 390 g/mol. The Morgan fingerprint density at radius 3 is 2.64 bits per heavy atom. The van der Waals surface area contributed by atoms with E-state index in [0.717, 1.165) is 0 Å². The average Bonchev–Trinajstić information content (AvgIpc) is 2.55. The number of esters is 1. The summed E-state index contributed by atoms with van der Waals surface area (Å²) in [5.74, 6) is -0.498. The Hall–Kier alpha value is -2.05. The van der Waals surface area contributed by atoms with Crippen molar-refractivity contribution in [3.8, 4) is 11.3 Å². The molecule has 0 saturated heterocycles. The highest BCUT2D eigenvalue weighted by molar-refractivity contribution is 6.44. The molecule has 8 heteroatoms. The molecule has 0 aliphatic heterocycles. The third-order valence-electron chi connectivity index (χ3n) is 3.12. The van der Waals surface area contributed by atoms with E-state index >= 15 is 0 Å². The molecule has 0 N–H and O–H groups in total. The quantitative estimate of drug-likeness (QED) is 0.500. The van der Waals surface area contributed by atoms with Gasteiger partial charge >= 0.3 is 12.1 Å². The molecule has 0 radical (unpaired) electrons. The topological polar surface area (TPSA) is 39.2 Å². The van der Waals surface area contributed by atoms with Gasteiger partial charge in [-0.25, -0.2) is 4.79 Å². The molecule has 0 spiro atoms. The first-order valence-electron chi connectivity index (χ1n) is 7.10. The SMILES string of the molecule is CCOC(=O)C=Cc1cccc(-c2ncc(C(F)(F)F)c(Cl)c2Cl)c1. The highest BCUT2D eigenvalue weighted by Crippen LogP contribution is 2.41. The van der Waals surface area contributed by atoms with Crippen LogP contribution in [0.5, 0.6) is 0 Å². The summed E-state index contributed by atoms with van der Waals surface area (Å²) in [7, 11) is 0. The second-order valence-electron chi connectivity index (χ2n) is 4.86. The van der Waals surface area contributed by atoms with Crippen LogP contribution in [0.3, 0.4) is 0 Å². The summed E-state index contributed by atoms with van der Waals surface area (Å²) in [4.78, 5) is 15.1.